The molecule has 3 fully saturated rings. The molecule has 0 spiro atoms. The summed E-state index contributed by atoms with van der Waals surface area (Å²) in [7, 11) is -1.53. The van der Waals surface area contributed by atoms with Gasteiger partial charge in [-0.25, -0.2) is 4.79 Å². The molecule has 1 aromatic carbocycles. The van der Waals surface area contributed by atoms with Crippen molar-refractivity contribution < 1.29 is 18.7 Å². The maximum atomic E-state index is 12.6. The Kier molecular flexibility index (Phi) is 7.15. The van der Waals surface area contributed by atoms with Crippen molar-refractivity contribution in [3.05, 3.63) is 35.9 Å². The maximum absolute atomic E-state index is 12.6. The van der Waals surface area contributed by atoms with Crippen LogP contribution in [-0.4, -0.2) is 26.0 Å². The summed E-state index contributed by atoms with van der Waals surface area (Å²) in [6.45, 7) is 13.9. The number of hydrogen-bond acceptors (Lipinski definition) is 4. The average molecular weight is 473 g/mol. The highest BCUT2D eigenvalue weighted by Crippen LogP contribution is 2.59. The fourth-order valence-corrected chi connectivity index (χ4v) is 8.28. The van der Waals surface area contributed by atoms with Crippen molar-refractivity contribution in [2.24, 2.45) is 23.2 Å². The number of benzene rings is 1. The molecule has 1 saturated heterocycles. The van der Waals surface area contributed by atoms with Gasteiger partial charge in [-0.1, -0.05) is 57.0 Å². The van der Waals surface area contributed by atoms with E-state index in [-0.39, 0.29) is 5.97 Å². The highest BCUT2D eigenvalue weighted by molar-refractivity contribution is 6.69. The lowest BCUT2D eigenvalue weighted by Gasteiger charge is -2.48. The zero-order valence-corrected chi connectivity index (χ0v) is 22.6. The Morgan fingerprint density at radius 2 is 1.85 bits per heavy atom. The molecule has 4 nitrogen and oxygen atoms in total. The molecule has 0 N–H and O–H groups in total. The van der Waals surface area contributed by atoms with Crippen molar-refractivity contribution in [3.63, 3.8) is 0 Å². The molecule has 2 aliphatic carbocycles. The zero-order valence-electron chi connectivity index (χ0n) is 21.6. The second-order valence-corrected chi connectivity index (χ2v) is 16.8. The van der Waals surface area contributed by atoms with Crippen LogP contribution in [0.1, 0.15) is 84.0 Å². The van der Waals surface area contributed by atoms with Crippen molar-refractivity contribution in [2.45, 2.75) is 110 Å². The third kappa shape index (κ3) is 5.25. The molecule has 2 unspecified atom stereocenters. The first-order valence-electron chi connectivity index (χ1n) is 13.1. The lowest BCUT2D eigenvalue weighted by molar-refractivity contribution is -0.145. The van der Waals surface area contributed by atoms with Crippen LogP contribution in [0.4, 0.5) is 0 Å². The van der Waals surface area contributed by atoms with Crippen LogP contribution in [0.2, 0.25) is 19.6 Å². The molecule has 0 aromatic heterocycles. The van der Waals surface area contributed by atoms with Crippen LogP contribution in [0, 0.1) is 23.2 Å². The van der Waals surface area contributed by atoms with Crippen LogP contribution >= 0.6 is 0 Å². The largest absolute Gasteiger partial charge is 0.429 e. The minimum atomic E-state index is -1.53. The summed E-state index contributed by atoms with van der Waals surface area (Å²) in [6, 6.07) is 9.76. The summed E-state index contributed by atoms with van der Waals surface area (Å²) < 4.78 is 18.4. The van der Waals surface area contributed by atoms with Crippen LogP contribution in [0.3, 0.4) is 0 Å². The van der Waals surface area contributed by atoms with E-state index in [1.165, 1.54) is 32.1 Å². The Hall–Kier alpha value is -1.17. The molecule has 1 heterocycles. The smallest absolute Gasteiger partial charge is 0.340 e. The number of fused-ring (bicyclic) bond motifs is 1. The van der Waals surface area contributed by atoms with Crippen molar-refractivity contribution in [2.75, 3.05) is 0 Å². The van der Waals surface area contributed by atoms with E-state index >= 15 is 0 Å². The SMILES string of the molecule is C[C@H](CCC[C@@]1(C)O[C@H](c2ccccc2)OC1=O)[C@H]1CCC2C(O[Si](C)(C)C)CCC[C@]21C. The Balaban J connectivity index is 1.33. The first kappa shape index (κ1) is 24.9. The lowest BCUT2D eigenvalue weighted by atomic mass is 9.61. The van der Waals surface area contributed by atoms with Gasteiger partial charge in [0.05, 0.1) is 0 Å². The van der Waals surface area contributed by atoms with Gasteiger partial charge in [-0.3, -0.25) is 0 Å². The van der Waals surface area contributed by atoms with Crippen molar-refractivity contribution in [1.82, 2.24) is 0 Å². The maximum Gasteiger partial charge on any atom is 0.340 e. The number of ether oxygens (including phenoxy) is 2. The Morgan fingerprint density at radius 1 is 1.12 bits per heavy atom. The quantitative estimate of drug-likeness (QED) is 0.295. The number of carbonyl (C=O) groups is 1. The molecule has 184 valence electrons. The molecule has 7 atom stereocenters. The summed E-state index contributed by atoms with van der Waals surface area (Å²) in [6.07, 6.45) is 9.22. The second kappa shape index (κ2) is 9.47. The van der Waals surface area contributed by atoms with Gasteiger partial charge in [-0.2, -0.15) is 0 Å². The van der Waals surface area contributed by atoms with E-state index in [0.29, 0.717) is 29.8 Å². The van der Waals surface area contributed by atoms with Gasteiger partial charge in [0.2, 0.25) is 6.29 Å². The Labute approximate surface area is 201 Å². The number of cyclic esters (lactones) is 1. The highest BCUT2D eigenvalue weighted by Gasteiger charge is 2.53. The third-order valence-corrected chi connectivity index (χ3v) is 9.74. The number of hydrogen-bond donors (Lipinski definition) is 0. The number of carbonyl (C=O) groups excluding carboxylic acids is 1. The van der Waals surface area contributed by atoms with Gasteiger partial charge in [0.1, 0.15) is 0 Å². The molecule has 4 rings (SSSR count). The van der Waals surface area contributed by atoms with Crippen LogP contribution in [0.25, 0.3) is 0 Å². The molecular weight excluding hydrogens is 428 g/mol. The van der Waals surface area contributed by atoms with Crippen LogP contribution in [-0.2, 0) is 18.7 Å². The molecule has 5 heteroatoms. The predicted molar refractivity (Wildman–Crippen MR) is 134 cm³/mol. The number of esters is 1. The van der Waals surface area contributed by atoms with Gasteiger partial charge in [-0.05, 0) is 88.3 Å². The van der Waals surface area contributed by atoms with E-state index in [1.54, 1.807) is 0 Å². The molecule has 2 saturated carbocycles. The molecule has 1 aliphatic heterocycles. The fourth-order valence-electron chi connectivity index (χ4n) is 7.09. The second-order valence-electron chi connectivity index (χ2n) is 12.3. The minimum Gasteiger partial charge on any atom is -0.429 e. The fraction of sp³-hybridized carbons (Fsp3) is 0.750. The third-order valence-electron chi connectivity index (χ3n) is 8.73. The lowest BCUT2D eigenvalue weighted by Crippen LogP contribution is -2.46. The predicted octanol–water partition coefficient (Wildman–Crippen LogP) is 7.26. The molecule has 0 radical (unpaired) electrons. The normalized spacial score (nSPS) is 37.6. The Morgan fingerprint density at radius 3 is 2.55 bits per heavy atom. The van der Waals surface area contributed by atoms with Gasteiger partial charge in [-0.15, -0.1) is 0 Å². The van der Waals surface area contributed by atoms with Gasteiger partial charge >= 0.3 is 5.97 Å². The van der Waals surface area contributed by atoms with Crippen LogP contribution in [0.5, 0.6) is 0 Å². The van der Waals surface area contributed by atoms with Gasteiger partial charge in [0, 0.05) is 11.7 Å². The summed E-state index contributed by atoms with van der Waals surface area (Å²) in [4.78, 5) is 12.6. The van der Waals surface area contributed by atoms with E-state index in [0.717, 1.165) is 24.3 Å². The van der Waals surface area contributed by atoms with E-state index < -0.39 is 20.2 Å². The zero-order chi connectivity index (χ0) is 23.9. The number of rotatable bonds is 8. The minimum absolute atomic E-state index is 0.226. The van der Waals surface area contributed by atoms with E-state index in [2.05, 4.69) is 33.5 Å². The molecule has 3 aliphatic rings. The Bertz CT molecular complexity index is 821. The standard InChI is InChI=1S/C28H44O4Si/c1-20(22-16-17-23-24(32-33(4,5)6)15-11-18-27(22,23)2)12-10-19-28(3)26(29)30-25(31-28)21-13-8-7-9-14-21/h7-9,13-14,20,22-25H,10-12,15-19H2,1-6H3/t20-,22-,23?,24?,25-,27+,28-/m1/s1. The van der Waals surface area contributed by atoms with E-state index in [4.69, 9.17) is 13.9 Å². The topological polar surface area (TPSA) is 44.8 Å². The molecule has 33 heavy (non-hydrogen) atoms. The molecule has 0 amide bonds. The van der Waals surface area contributed by atoms with Gasteiger partial charge in [0.25, 0.3) is 0 Å². The van der Waals surface area contributed by atoms with Crippen molar-refractivity contribution in [1.29, 1.82) is 0 Å². The molecule has 1 aromatic rings. The summed E-state index contributed by atoms with van der Waals surface area (Å²) in [5, 5.41) is 0. The van der Waals surface area contributed by atoms with Gasteiger partial charge in [0.15, 0.2) is 13.9 Å². The van der Waals surface area contributed by atoms with E-state index in [9.17, 15) is 4.79 Å². The monoisotopic (exact) mass is 472 g/mol. The molecular formula is C28H44O4Si. The van der Waals surface area contributed by atoms with Crippen molar-refractivity contribution >= 4 is 14.3 Å². The van der Waals surface area contributed by atoms with Crippen LogP contribution < -0.4 is 0 Å². The van der Waals surface area contributed by atoms with Gasteiger partial charge < -0.3 is 13.9 Å². The summed E-state index contributed by atoms with van der Waals surface area (Å²) >= 11 is 0. The summed E-state index contributed by atoms with van der Waals surface area (Å²) in [5.41, 5.74) is 0.455. The van der Waals surface area contributed by atoms with E-state index in [1.807, 2.05) is 37.3 Å². The van der Waals surface area contributed by atoms with Crippen molar-refractivity contribution in [3.8, 4) is 0 Å². The molecule has 0 bridgehead atoms. The highest BCUT2D eigenvalue weighted by atomic mass is 28.4. The average Bonchev–Trinajstić information content (AvgIpc) is 3.25. The van der Waals surface area contributed by atoms with Crippen LogP contribution in [0.15, 0.2) is 30.3 Å². The first-order valence-corrected chi connectivity index (χ1v) is 16.5. The first-order chi connectivity index (χ1) is 15.5. The summed E-state index contributed by atoms with van der Waals surface area (Å²) in [5.74, 6) is 1.88.